The van der Waals surface area contributed by atoms with Gasteiger partial charge in [0.25, 0.3) is 0 Å². The van der Waals surface area contributed by atoms with Crippen LogP contribution in [0.15, 0.2) is 84.9 Å². The van der Waals surface area contributed by atoms with Crippen molar-refractivity contribution in [2.45, 2.75) is 19.1 Å². The Hall–Kier alpha value is -4.53. The molecule has 0 saturated heterocycles. The van der Waals surface area contributed by atoms with Crippen molar-refractivity contribution in [1.29, 1.82) is 0 Å². The number of tetrazole rings is 1. The Morgan fingerprint density at radius 1 is 0.909 bits per heavy atom. The molecule has 9 heteroatoms. The van der Waals surface area contributed by atoms with Crippen molar-refractivity contribution < 1.29 is 14.3 Å². The molecule has 0 aliphatic carbocycles. The summed E-state index contributed by atoms with van der Waals surface area (Å²) < 4.78 is 5.31. The monoisotopic (exact) mass is 442 g/mol. The summed E-state index contributed by atoms with van der Waals surface area (Å²) in [6.07, 6.45) is -0.368. The van der Waals surface area contributed by atoms with Gasteiger partial charge in [0.05, 0.1) is 0 Å². The number of aromatic nitrogens is 4. The Morgan fingerprint density at radius 2 is 1.64 bits per heavy atom. The molecule has 0 aliphatic heterocycles. The number of benzene rings is 3. The lowest BCUT2D eigenvalue weighted by molar-refractivity contribution is -0.118. The summed E-state index contributed by atoms with van der Waals surface area (Å²) >= 11 is 0. The quantitative estimate of drug-likeness (QED) is 0.385. The maximum absolute atomic E-state index is 13.1. The highest BCUT2D eigenvalue weighted by Crippen LogP contribution is 2.19. The second kappa shape index (κ2) is 10.7. The zero-order valence-electron chi connectivity index (χ0n) is 17.6. The van der Waals surface area contributed by atoms with Gasteiger partial charge in [0, 0.05) is 17.7 Å². The van der Waals surface area contributed by atoms with Gasteiger partial charge in [-0.15, -0.1) is 10.2 Å². The number of hydrogen-bond acceptors (Lipinski definition) is 6. The molecule has 1 heterocycles. The third-order valence-electron chi connectivity index (χ3n) is 4.84. The summed E-state index contributed by atoms with van der Waals surface area (Å²) in [7, 11) is 0. The van der Waals surface area contributed by atoms with Crippen LogP contribution in [0.1, 0.15) is 11.1 Å². The molecule has 1 aromatic heterocycles. The number of hydrogen-bond donors (Lipinski definition) is 3. The summed E-state index contributed by atoms with van der Waals surface area (Å²) in [5, 5.41) is 19.4. The average Bonchev–Trinajstić information content (AvgIpc) is 3.39. The summed E-state index contributed by atoms with van der Waals surface area (Å²) in [5.41, 5.74) is 2.99. The highest BCUT2D eigenvalue weighted by Gasteiger charge is 2.22. The minimum Gasteiger partial charge on any atom is -0.445 e. The highest BCUT2D eigenvalue weighted by atomic mass is 16.5. The number of rotatable bonds is 8. The molecular weight excluding hydrogens is 420 g/mol. The number of nitrogens with one attached hydrogen (secondary N) is 3. The van der Waals surface area contributed by atoms with E-state index >= 15 is 0 Å². The van der Waals surface area contributed by atoms with Crippen LogP contribution in [0.2, 0.25) is 0 Å². The summed E-state index contributed by atoms with van der Waals surface area (Å²) in [6, 6.07) is 25.0. The van der Waals surface area contributed by atoms with Crippen molar-refractivity contribution in [3.8, 4) is 11.4 Å². The topological polar surface area (TPSA) is 122 Å². The molecule has 33 heavy (non-hydrogen) atoms. The first-order chi connectivity index (χ1) is 16.2. The van der Waals surface area contributed by atoms with Crippen LogP contribution in [-0.4, -0.2) is 38.7 Å². The van der Waals surface area contributed by atoms with E-state index in [-0.39, 0.29) is 12.5 Å². The van der Waals surface area contributed by atoms with Crippen LogP contribution >= 0.6 is 0 Å². The van der Waals surface area contributed by atoms with Crippen LogP contribution in [0.4, 0.5) is 10.5 Å². The molecular formula is C24H22N6O3. The lowest BCUT2D eigenvalue weighted by Crippen LogP contribution is -2.45. The largest absolute Gasteiger partial charge is 0.445 e. The van der Waals surface area contributed by atoms with Crippen molar-refractivity contribution in [2.75, 3.05) is 5.32 Å². The number of H-pyrrole nitrogens is 1. The van der Waals surface area contributed by atoms with Gasteiger partial charge in [-0.05, 0) is 28.5 Å². The van der Waals surface area contributed by atoms with Gasteiger partial charge in [0.2, 0.25) is 11.7 Å². The van der Waals surface area contributed by atoms with Crippen molar-refractivity contribution in [3.05, 3.63) is 96.1 Å². The molecule has 0 aliphatic rings. The Balaban J connectivity index is 1.45. The van der Waals surface area contributed by atoms with Gasteiger partial charge in [-0.2, -0.15) is 5.21 Å². The fourth-order valence-corrected chi connectivity index (χ4v) is 3.22. The maximum Gasteiger partial charge on any atom is 0.408 e. The van der Waals surface area contributed by atoms with Crippen LogP contribution in [0.3, 0.4) is 0 Å². The molecule has 0 radical (unpaired) electrons. The molecule has 3 aromatic carbocycles. The first-order valence-electron chi connectivity index (χ1n) is 10.3. The van der Waals surface area contributed by atoms with E-state index in [0.29, 0.717) is 23.5 Å². The second-order valence-electron chi connectivity index (χ2n) is 7.25. The molecule has 2 amide bonds. The summed E-state index contributed by atoms with van der Waals surface area (Å²) in [4.78, 5) is 25.5. The molecule has 3 N–H and O–H groups in total. The zero-order valence-corrected chi connectivity index (χ0v) is 17.6. The van der Waals surface area contributed by atoms with Crippen LogP contribution in [-0.2, 0) is 22.6 Å². The number of ether oxygens (including phenoxy) is 1. The van der Waals surface area contributed by atoms with Crippen molar-refractivity contribution in [2.24, 2.45) is 0 Å². The smallest absolute Gasteiger partial charge is 0.408 e. The second-order valence-corrected chi connectivity index (χ2v) is 7.25. The number of alkyl carbamates (subject to hydrolysis) is 1. The molecule has 9 nitrogen and oxygen atoms in total. The molecule has 166 valence electrons. The van der Waals surface area contributed by atoms with Gasteiger partial charge in [0.15, 0.2) is 0 Å². The predicted octanol–water partition coefficient (Wildman–Crippen LogP) is 3.34. The minimum atomic E-state index is -0.843. The number of carbonyl (C=O) groups is 2. The van der Waals surface area contributed by atoms with Crippen LogP contribution in [0.5, 0.6) is 0 Å². The summed E-state index contributed by atoms with van der Waals surface area (Å²) in [6.45, 7) is 0.110. The first-order valence-corrected chi connectivity index (χ1v) is 10.3. The summed E-state index contributed by atoms with van der Waals surface area (Å²) in [5.74, 6) is 0.0373. The fourth-order valence-electron chi connectivity index (χ4n) is 3.22. The van der Waals surface area contributed by atoms with E-state index in [1.165, 1.54) is 0 Å². The molecule has 4 rings (SSSR count). The van der Waals surface area contributed by atoms with Crippen molar-refractivity contribution in [1.82, 2.24) is 25.9 Å². The first kappa shape index (κ1) is 21.7. The number of carbonyl (C=O) groups excluding carboxylic acids is 2. The van der Waals surface area contributed by atoms with Crippen molar-refractivity contribution >= 4 is 17.7 Å². The Labute approximate surface area is 190 Å². The van der Waals surface area contributed by atoms with E-state index in [4.69, 9.17) is 4.74 Å². The molecule has 0 spiro atoms. The maximum atomic E-state index is 13.1. The Bertz CT molecular complexity index is 1180. The van der Waals surface area contributed by atoms with Crippen LogP contribution in [0.25, 0.3) is 11.4 Å². The predicted molar refractivity (Wildman–Crippen MR) is 122 cm³/mol. The third kappa shape index (κ3) is 6.23. The van der Waals surface area contributed by atoms with Crippen molar-refractivity contribution in [3.63, 3.8) is 0 Å². The minimum absolute atomic E-state index is 0.110. The van der Waals surface area contributed by atoms with Gasteiger partial charge >= 0.3 is 6.09 Å². The molecule has 1 unspecified atom stereocenters. The fraction of sp³-hybridized carbons (Fsp3) is 0.125. The standard InChI is InChI=1S/C24H22N6O3/c31-23(25-20-13-7-12-19(15-20)22-27-29-30-28-22)21(14-17-8-3-1-4-9-17)26-24(32)33-16-18-10-5-2-6-11-18/h1-13,15,21H,14,16H2,(H,25,31)(H,26,32)(H,27,28,29,30). The third-order valence-corrected chi connectivity index (χ3v) is 4.84. The van der Waals surface area contributed by atoms with E-state index in [1.807, 2.05) is 60.7 Å². The van der Waals surface area contributed by atoms with E-state index in [0.717, 1.165) is 11.1 Å². The molecule has 1 atom stereocenters. The van der Waals surface area contributed by atoms with Gasteiger partial charge in [-0.25, -0.2) is 4.79 Å². The van der Waals surface area contributed by atoms with E-state index < -0.39 is 12.1 Å². The van der Waals surface area contributed by atoms with Crippen LogP contribution in [0, 0.1) is 0 Å². The number of amides is 2. The number of nitrogens with zero attached hydrogens (tertiary/aromatic N) is 3. The molecule has 0 bridgehead atoms. The number of aromatic amines is 1. The highest BCUT2D eigenvalue weighted by molar-refractivity contribution is 5.97. The van der Waals surface area contributed by atoms with Gasteiger partial charge < -0.3 is 15.4 Å². The normalized spacial score (nSPS) is 11.4. The Morgan fingerprint density at radius 3 is 2.33 bits per heavy atom. The van der Waals surface area contributed by atoms with Gasteiger partial charge in [-0.3, -0.25) is 4.79 Å². The Kier molecular flexibility index (Phi) is 7.01. The van der Waals surface area contributed by atoms with Gasteiger partial charge in [-0.1, -0.05) is 72.8 Å². The molecule has 0 saturated carbocycles. The zero-order chi connectivity index (χ0) is 22.9. The lowest BCUT2D eigenvalue weighted by atomic mass is 10.1. The van der Waals surface area contributed by atoms with E-state index in [2.05, 4.69) is 31.3 Å². The van der Waals surface area contributed by atoms with Gasteiger partial charge in [0.1, 0.15) is 12.6 Å². The average molecular weight is 442 g/mol. The molecule has 0 fully saturated rings. The molecule has 4 aromatic rings. The number of anilines is 1. The SMILES string of the molecule is O=C(NC(Cc1ccccc1)C(=O)Nc1cccc(-c2nn[nH]n2)c1)OCc1ccccc1. The van der Waals surface area contributed by atoms with E-state index in [9.17, 15) is 9.59 Å². The van der Waals surface area contributed by atoms with E-state index in [1.54, 1.807) is 24.3 Å². The lowest BCUT2D eigenvalue weighted by Gasteiger charge is -2.19. The van der Waals surface area contributed by atoms with Crippen LogP contribution < -0.4 is 10.6 Å².